The van der Waals surface area contributed by atoms with Gasteiger partial charge in [0.05, 0.1) is 29.6 Å². The molecule has 5 aliphatic rings. The smallest absolute Gasteiger partial charge is 0.415 e. The molecular weight excluding hydrogens is 852 g/mol. The second kappa shape index (κ2) is 16.5. The third kappa shape index (κ3) is 8.18. The molecule has 5 aliphatic heterocycles. The van der Waals surface area contributed by atoms with Gasteiger partial charge in [-0.1, -0.05) is 36.4 Å². The molecule has 0 saturated carbocycles. The van der Waals surface area contributed by atoms with Gasteiger partial charge in [-0.15, -0.1) is 0 Å². The first kappa shape index (κ1) is 43.3. The number of ether oxygens (including phenoxy) is 3. The van der Waals surface area contributed by atoms with E-state index in [9.17, 15) is 27.2 Å². The first-order valence-electron chi connectivity index (χ1n) is 21.0. The number of aromatic nitrogens is 3. The van der Waals surface area contributed by atoms with Crippen molar-refractivity contribution in [3.8, 4) is 23.0 Å². The first-order chi connectivity index (χ1) is 30.5. The number of nitrogens with zero attached hydrogens (tertiary/aromatic N) is 6. The van der Waals surface area contributed by atoms with E-state index in [4.69, 9.17) is 14.2 Å². The molecule has 6 bridgehead atoms. The molecule has 10 rings (SSSR count). The molecule has 3 fully saturated rings. The number of nitrogens with one attached hydrogen (secondary N) is 1. The van der Waals surface area contributed by atoms with E-state index in [-0.39, 0.29) is 114 Å². The van der Waals surface area contributed by atoms with Crippen molar-refractivity contribution in [1.82, 2.24) is 30.1 Å². The fourth-order valence-corrected chi connectivity index (χ4v) is 9.98. The molecule has 338 valence electrons. The molecule has 7 heterocycles. The van der Waals surface area contributed by atoms with Gasteiger partial charge in [0.1, 0.15) is 47.5 Å². The number of halogens is 7. The van der Waals surface area contributed by atoms with Gasteiger partial charge in [0, 0.05) is 44.7 Å². The quantitative estimate of drug-likeness (QED) is 0.166. The maximum atomic E-state index is 17.6. The Labute approximate surface area is 362 Å². The van der Waals surface area contributed by atoms with Crippen molar-refractivity contribution in [3.05, 3.63) is 83.6 Å². The number of carbonyl (C=O) groups excluding carboxylic acids is 2. The van der Waals surface area contributed by atoms with Crippen LogP contribution in [-0.4, -0.2) is 113 Å². The lowest BCUT2D eigenvalue weighted by atomic mass is 9.90. The van der Waals surface area contributed by atoms with Crippen LogP contribution in [0.2, 0.25) is 0 Å². The summed E-state index contributed by atoms with van der Waals surface area (Å²) in [5, 5.41) is 3.13. The molecule has 2 amide bonds. The number of amides is 2. The van der Waals surface area contributed by atoms with Crippen LogP contribution in [0.3, 0.4) is 0 Å². The number of benzene rings is 3. The molecule has 1 N–H and O–H groups in total. The average molecular weight is 896 g/mol. The van der Waals surface area contributed by atoms with Crippen molar-refractivity contribution in [2.75, 3.05) is 51.3 Å². The lowest BCUT2D eigenvalue weighted by Gasteiger charge is -2.42. The molecule has 1 unspecified atom stereocenters. The Hall–Kier alpha value is -5.98. The van der Waals surface area contributed by atoms with Gasteiger partial charge in [0.25, 0.3) is 0 Å². The van der Waals surface area contributed by atoms with Crippen molar-refractivity contribution in [3.63, 3.8) is 0 Å². The Bertz CT molecular complexity index is 2630. The highest BCUT2D eigenvalue weighted by molar-refractivity contribution is 6.02. The van der Waals surface area contributed by atoms with Gasteiger partial charge in [-0.2, -0.15) is 23.1 Å². The zero-order valence-corrected chi connectivity index (χ0v) is 34.9. The molecule has 2 aromatic heterocycles. The summed E-state index contributed by atoms with van der Waals surface area (Å²) in [5.41, 5.74) is -2.84. The molecule has 5 aromatic rings. The Balaban J connectivity index is 1.20. The third-order valence-electron chi connectivity index (χ3n) is 12.7. The second-order valence-electron chi connectivity index (χ2n) is 17.4. The maximum absolute atomic E-state index is 17.6. The van der Waals surface area contributed by atoms with Crippen molar-refractivity contribution in [1.29, 1.82) is 0 Å². The van der Waals surface area contributed by atoms with E-state index in [1.165, 1.54) is 59.6 Å². The number of aryl methyl sites for hydroxylation is 1. The number of alkyl halides is 5. The Morgan fingerprint density at radius 3 is 2.61 bits per heavy atom. The standard InChI is InChI=1S/C45H44F7N7O5/c1-43-18-27(46)21-58(23-43)39-32-20-53-36(35(49)37(32)54-40(55-39)63-24-44-13-7-14-59(44)22-28(47)19-44)31-17-29(64-42(61)57(2)38(45(50,51)52)25-8-4-3-5-9-25)16-26-11-12-33(48)30(34(26)31)10-6-15-62-41(60)56-43/h3-5,8-9,11-12,16-17,20,27-28,38H,6-7,10,13-15,18-19,21-24H2,1-2H3,(H,56,60)/t27-,28-,38?,43-,44+/m1/s1. The van der Waals surface area contributed by atoms with Crippen molar-refractivity contribution >= 4 is 39.7 Å². The summed E-state index contributed by atoms with van der Waals surface area (Å²) in [5.74, 6) is -2.03. The van der Waals surface area contributed by atoms with Gasteiger partial charge in [-0.05, 0) is 79.3 Å². The predicted molar refractivity (Wildman–Crippen MR) is 221 cm³/mol. The van der Waals surface area contributed by atoms with Gasteiger partial charge in [-0.3, -0.25) is 14.8 Å². The number of anilines is 1. The van der Waals surface area contributed by atoms with E-state index < -0.39 is 65.2 Å². The minimum absolute atomic E-state index is 0.00269. The molecule has 0 radical (unpaired) electrons. The SMILES string of the molecule is CN(C(=O)Oc1cc2c3c(c(F)ccc3c1)CCCOC(=O)N[C@]1(C)C[C@@H](F)CN(C1)c1nc(OC[C@@]34CCCN3C[C@H](F)C4)nc3c(F)c-2ncc13)C(c1ccccc1)C(F)(F)F. The Kier molecular flexibility index (Phi) is 11.2. The van der Waals surface area contributed by atoms with Crippen LogP contribution in [0.4, 0.5) is 46.1 Å². The minimum atomic E-state index is -4.90. The fourth-order valence-electron chi connectivity index (χ4n) is 9.98. The second-order valence-corrected chi connectivity index (χ2v) is 17.4. The van der Waals surface area contributed by atoms with Gasteiger partial charge in [-0.25, -0.2) is 27.2 Å². The number of rotatable bonds is 6. The molecule has 5 atom stereocenters. The highest BCUT2D eigenvalue weighted by Gasteiger charge is 2.50. The molecule has 12 nitrogen and oxygen atoms in total. The topological polar surface area (TPSA) is 122 Å². The Morgan fingerprint density at radius 2 is 1.83 bits per heavy atom. The molecule has 3 aromatic carbocycles. The van der Waals surface area contributed by atoms with E-state index in [0.717, 1.165) is 19.5 Å². The lowest BCUT2D eigenvalue weighted by Crippen LogP contribution is -2.60. The molecule has 0 aliphatic carbocycles. The van der Waals surface area contributed by atoms with Crippen LogP contribution < -0.4 is 19.7 Å². The van der Waals surface area contributed by atoms with Crippen LogP contribution in [0.15, 0.2) is 60.8 Å². The van der Waals surface area contributed by atoms with E-state index >= 15 is 13.2 Å². The number of fused-ring (bicyclic) bond motifs is 7. The number of alkyl carbamates (subject to hydrolysis) is 1. The number of pyridine rings is 1. The summed E-state index contributed by atoms with van der Waals surface area (Å²) in [4.78, 5) is 44.3. The van der Waals surface area contributed by atoms with Gasteiger partial charge in [0.15, 0.2) is 11.9 Å². The van der Waals surface area contributed by atoms with E-state index in [1.54, 1.807) is 6.92 Å². The maximum Gasteiger partial charge on any atom is 0.415 e. The number of hydrogen-bond donors (Lipinski definition) is 1. The van der Waals surface area contributed by atoms with Crippen LogP contribution in [0.25, 0.3) is 32.9 Å². The normalized spacial score (nSPS) is 24.3. The molecule has 64 heavy (non-hydrogen) atoms. The number of piperidine rings is 1. The Morgan fingerprint density at radius 1 is 1.05 bits per heavy atom. The zero-order chi connectivity index (χ0) is 45.1. The van der Waals surface area contributed by atoms with Gasteiger partial charge in [0.2, 0.25) is 0 Å². The predicted octanol–water partition coefficient (Wildman–Crippen LogP) is 8.79. The highest BCUT2D eigenvalue weighted by atomic mass is 19.4. The molecule has 3 saturated heterocycles. The first-order valence-corrected chi connectivity index (χ1v) is 21.0. The monoisotopic (exact) mass is 895 g/mol. The summed E-state index contributed by atoms with van der Waals surface area (Å²) >= 11 is 0. The van der Waals surface area contributed by atoms with Crippen molar-refractivity contribution in [2.45, 2.75) is 81.1 Å². The lowest BCUT2D eigenvalue weighted by molar-refractivity contribution is -0.177. The highest BCUT2D eigenvalue weighted by Crippen LogP contribution is 2.43. The minimum Gasteiger partial charge on any atom is -0.461 e. The summed E-state index contributed by atoms with van der Waals surface area (Å²) in [7, 11) is 0.937. The third-order valence-corrected chi connectivity index (χ3v) is 12.7. The van der Waals surface area contributed by atoms with Gasteiger partial charge < -0.3 is 24.4 Å². The summed E-state index contributed by atoms with van der Waals surface area (Å²) in [6, 6.07) is 9.10. The van der Waals surface area contributed by atoms with Crippen LogP contribution in [0.1, 0.15) is 56.2 Å². The summed E-state index contributed by atoms with van der Waals surface area (Å²) in [6.45, 7) is 2.13. The zero-order valence-electron chi connectivity index (χ0n) is 34.9. The molecule has 0 spiro atoms. The largest absolute Gasteiger partial charge is 0.461 e. The van der Waals surface area contributed by atoms with Crippen LogP contribution in [-0.2, 0) is 11.2 Å². The van der Waals surface area contributed by atoms with E-state index in [1.807, 2.05) is 4.90 Å². The van der Waals surface area contributed by atoms with Crippen LogP contribution in [0, 0.1) is 11.6 Å². The average Bonchev–Trinajstić information content (AvgIpc) is 3.76. The van der Waals surface area contributed by atoms with Crippen molar-refractivity contribution < 1.29 is 54.5 Å². The number of hydrogen-bond acceptors (Lipinski definition) is 10. The van der Waals surface area contributed by atoms with Crippen LogP contribution in [0.5, 0.6) is 11.8 Å². The van der Waals surface area contributed by atoms with Gasteiger partial charge >= 0.3 is 24.4 Å². The van der Waals surface area contributed by atoms with E-state index in [2.05, 4.69) is 20.3 Å². The van der Waals surface area contributed by atoms with Crippen LogP contribution >= 0.6 is 0 Å². The molecule has 19 heteroatoms. The number of carbonyl (C=O) groups is 2. The summed E-state index contributed by atoms with van der Waals surface area (Å²) < 4.78 is 125. The summed E-state index contributed by atoms with van der Waals surface area (Å²) in [6.07, 6.45) is -6.80. The molecular formula is C45H44F7N7O5. The van der Waals surface area contributed by atoms with E-state index in [0.29, 0.717) is 17.9 Å². The fraction of sp³-hybridized carbons (Fsp3) is 0.444. The van der Waals surface area contributed by atoms with Crippen molar-refractivity contribution in [2.24, 2.45) is 0 Å².